The maximum Gasteiger partial charge on any atom is 0.172 e. The van der Waals surface area contributed by atoms with Gasteiger partial charge in [0, 0.05) is 11.8 Å². The number of carbonyl (C=O) groups excluding carboxylic acids is 1. The summed E-state index contributed by atoms with van der Waals surface area (Å²) in [6.07, 6.45) is 1.64. The highest BCUT2D eigenvalue weighted by Gasteiger charge is 2.07. The summed E-state index contributed by atoms with van der Waals surface area (Å²) in [5.74, 6) is 0.0366. The molecule has 5 heteroatoms. The summed E-state index contributed by atoms with van der Waals surface area (Å²) >= 11 is 1.42. The molecule has 0 fully saturated rings. The van der Waals surface area contributed by atoms with Crippen LogP contribution >= 0.6 is 11.8 Å². The van der Waals surface area contributed by atoms with Crippen molar-refractivity contribution in [2.45, 2.75) is 24.0 Å². The van der Waals surface area contributed by atoms with E-state index in [4.69, 9.17) is 0 Å². The van der Waals surface area contributed by atoms with Crippen LogP contribution in [0.5, 0.6) is 0 Å². The standard InChI is InChI=1S/C15H13N3OS/c1-9-3-4-12-13(7-9)18-15(17-12)20-14-8-11(10(2)19)5-6-16-14/h3-8H,1-2H3,(H,17,18). The lowest BCUT2D eigenvalue weighted by atomic mass is 10.2. The normalized spacial score (nSPS) is 10.9. The summed E-state index contributed by atoms with van der Waals surface area (Å²) < 4.78 is 0. The fraction of sp³-hybridized carbons (Fsp3) is 0.133. The number of ketones is 1. The molecule has 1 aromatic carbocycles. The molecule has 0 spiro atoms. The number of pyridine rings is 1. The molecule has 20 heavy (non-hydrogen) atoms. The van der Waals surface area contributed by atoms with Crippen LogP contribution in [0.15, 0.2) is 46.7 Å². The van der Waals surface area contributed by atoms with Crippen molar-refractivity contribution in [3.8, 4) is 0 Å². The molecule has 0 saturated heterocycles. The number of aromatic amines is 1. The molecule has 0 radical (unpaired) electrons. The molecule has 3 aromatic rings. The van der Waals surface area contributed by atoms with E-state index >= 15 is 0 Å². The second-order valence-electron chi connectivity index (χ2n) is 4.60. The highest BCUT2D eigenvalue weighted by molar-refractivity contribution is 7.99. The minimum Gasteiger partial charge on any atom is -0.333 e. The Kier molecular flexibility index (Phi) is 3.28. The van der Waals surface area contributed by atoms with Gasteiger partial charge in [-0.3, -0.25) is 4.79 Å². The Morgan fingerprint density at radius 1 is 1.25 bits per heavy atom. The van der Waals surface area contributed by atoms with Crippen molar-refractivity contribution >= 4 is 28.6 Å². The summed E-state index contributed by atoms with van der Waals surface area (Å²) in [5.41, 5.74) is 3.79. The summed E-state index contributed by atoms with van der Waals surface area (Å²) in [4.78, 5) is 23.4. The lowest BCUT2D eigenvalue weighted by Crippen LogP contribution is -1.93. The zero-order valence-electron chi connectivity index (χ0n) is 11.2. The van der Waals surface area contributed by atoms with E-state index in [0.29, 0.717) is 5.56 Å². The number of aryl methyl sites for hydroxylation is 1. The van der Waals surface area contributed by atoms with Crippen LogP contribution in [-0.2, 0) is 0 Å². The lowest BCUT2D eigenvalue weighted by Gasteiger charge is -1.99. The van der Waals surface area contributed by atoms with Gasteiger partial charge in [-0.25, -0.2) is 9.97 Å². The average Bonchev–Trinajstić information content (AvgIpc) is 2.80. The number of fused-ring (bicyclic) bond motifs is 1. The molecule has 0 aliphatic carbocycles. The van der Waals surface area contributed by atoms with Gasteiger partial charge in [-0.1, -0.05) is 6.07 Å². The quantitative estimate of drug-likeness (QED) is 0.746. The van der Waals surface area contributed by atoms with Crippen molar-refractivity contribution in [2.24, 2.45) is 0 Å². The molecule has 4 nitrogen and oxygen atoms in total. The summed E-state index contributed by atoms with van der Waals surface area (Å²) in [6.45, 7) is 3.60. The Hall–Kier alpha value is -2.14. The first kappa shape index (κ1) is 12.9. The number of nitrogens with one attached hydrogen (secondary N) is 1. The molecule has 2 heterocycles. The van der Waals surface area contributed by atoms with Crippen molar-refractivity contribution in [2.75, 3.05) is 0 Å². The third-order valence-corrected chi connectivity index (χ3v) is 3.78. The molecule has 0 saturated carbocycles. The zero-order valence-corrected chi connectivity index (χ0v) is 12.0. The molecule has 0 atom stereocenters. The van der Waals surface area contributed by atoms with Crippen molar-refractivity contribution in [1.82, 2.24) is 15.0 Å². The van der Waals surface area contributed by atoms with E-state index in [1.54, 1.807) is 25.3 Å². The minimum atomic E-state index is 0.0366. The van der Waals surface area contributed by atoms with E-state index in [1.165, 1.54) is 17.3 Å². The SMILES string of the molecule is CC(=O)c1ccnc(Sc2nc3ccc(C)cc3[nH]2)c1. The number of hydrogen-bond donors (Lipinski definition) is 1. The Labute approximate surface area is 120 Å². The van der Waals surface area contributed by atoms with E-state index in [0.717, 1.165) is 21.2 Å². The number of carbonyl (C=O) groups is 1. The van der Waals surface area contributed by atoms with Gasteiger partial charge in [0.2, 0.25) is 0 Å². The monoisotopic (exact) mass is 283 g/mol. The minimum absolute atomic E-state index is 0.0366. The van der Waals surface area contributed by atoms with Crippen LogP contribution in [0, 0.1) is 6.92 Å². The van der Waals surface area contributed by atoms with E-state index in [1.807, 2.05) is 19.1 Å². The largest absolute Gasteiger partial charge is 0.333 e. The van der Waals surface area contributed by atoms with E-state index in [9.17, 15) is 4.79 Å². The molecule has 1 N–H and O–H groups in total. The third kappa shape index (κ3) is 2.58. The number of aromatic nitrogens is 3. The summed E-state index contributed by atoms with van der Waals surface area (Å²) in [6, 6.07) is 9.59. The predicted molar refractivity (Wildman–Crippen MR) is 79.2 cm³/mol. The van der Waals surface area contributed by atoms with Gasteiger partial charge < -0.3 is 4.98 Å². The lowest BCUT2D eigenvalue weighted by molar-refractivity contribution is 0.101. The molecule has 3 rings (SSSR count). The molecule has 0 aliphatic heterocycles. The molecule has 0 aliphatic rings. The molecular weight excluding hydrogens is 270 g/mol. The number of imidazole rings is 1. The first-order valence-electron chi connectivity index (χ1n) is 6.23. The van der Waals surface area contributed by atoms with Gasteiger partial charge in [0.15, 0.2) is 10.9 Å². The number of benzene rings is 1. The first-order chi connectivity index (χ1) is 9.61. The van der Waals surface area contributed by atoms with Crippen LogP contribution in [0.2, 0.25) is 0 Å². The Bertz CT molecular complexity index is 795. The van der Waals surface area contributed by atoms with E-state index in [-0.39, 0.29) is 5.78 Å². The van der Waals surface area contributed by atoms with Gasteiger partial charge in [-0.15, -0.1) is 0 Å². The number of hydrogen-bond acceptors (Lipinski definition) is 4. The molecular formula is C15H13N3OS. The fourth-order valence-corrected chi connectivity index (χ4v) is 2.73. The van der Waals surface area contributed by atoms with Crippen molar-refractivity contribution in [1.29, 1.82) is 0 Å². The number of nitrogens with zero attached hydrogens (tertiary/aromatic N) is 2. The zero-order chi connectivity index (χ0) is 14.1. The number of rotatable bonds is 3. The van der Waals surface area contributed by atoms with Crippen LogP contribution in [0.1, 0.15) is 22.8 Å². The van der Waals surface area contributed by atoms with Crippen LogP contribution < -0.4 is 0 Å². The highest BCUT2D eigenvalue weighted by atomic mass is 32.2. The van der Waals surface area contributed by atoms with Crippen LogP contribution in [0.3, 0.4) is 0 Å². The van der Waals surface area contributed by atoms with Crippen molar-refractivity contribution < 1.29 is 4.79 Å². The Morgan fingerprint density at radius 3 is 2.90 bits per heavy atom. The smallest absolute Gasteiger partial charge is 0.172 e. The van der Waals surface area contributed by atoms with Crippen LogP contribution in [-0.4, -0.2) is 20.7 Å². The van der Waals surface area contributed by atoms with Crippen molar-refractivity contribution in [3.63, 3.8) is 0 Å². The highest BCUT2D eigenvalue weighted by Crippen LogP contribution is 2.26. The third-order valence-electron chi connectivity index (χ3n) is 2.96. The van der Waals surface area contributed by atoms with Gasteiger partial charge in [-0.05, 0) is 55.4 Å². The number of Topliss-reactive ketones (excluding diaryl/α,β-unsaturated/α-hetero) is 1. The van der Waals surface area contributed by atoms with Gasteiger partial charge >= 0.3 is 0 Å². The second kappa shape index (κ2) is 5.09. The maximum atomic E-state index is 11.4. The molecule has 0 bridgehead atoms. The van der Waals surface area contributed by atoms with Gasteiger partial charge in [0.1, 0.15) is 5.03 Å². The Morgan fingerprint density at radius 2 is 2.10 bits per heavy atom. The second-order valence-corrected chi connectivity index (χ2v) is 5.61. The molecule has 0 amide bonds. The predicted octanol–water partition coefficient (Wildman–Crippen LogP) is 3.62. The first-order valence-corrected chi connectivity index (χ1v) is 7.05. The van der Waals surface area contributed by atoms with Crippen LogP contribution in [0.25, 0.3) is 11.0 Å². The number of H-pyrrole nitrogens is 1. The molecule has 0 unspecified atom stereocenters. The summed E-state index contributed by atoms with van der Waals surface area (Å²) in [5, 5.41) is 1.53. The van der Waals surface area contributed by atoms with Gasteiger partial charge in [0.25, 0.3) is 0 Å². The average molecular weight is 283 g/mol. The Balaban J connectivity index is 1.92. The fourth-order valence-electron chi connectivity index (χ4n) is 1.93. The summed E-state index contributed by atoms with van der Waals surface area (Å²) in [7, 11) is 0. The van der Waals surface area contributed by atoms with Gasteiger partial charge in [-0.2, -0.15) is 0 Å². The van der Waals surface area contributed by atoms with Crippen LogP contribution in [0.4, 0.5) is 0 Å². The van der Waals surface area contributed by atoms with Gasteiger partial charge in [0.05, 0.1) is 11.0 Å². The maximum absolute atomic E-state index is 11.4. The molecule has 100 valence electrons. The molecule has 2 aromatic heterocycles. The van der Waals surface area contributed by atoms with E-state index < -0.39 is 0 Å². The van der Waals surface area contributed by atoms with Crippen molar-refractivity contribution in [3.05, 3.63) is 47.7 Å². The van der Waals surface area contributed by atoms with E-state index in [2.05, 4.69) is 21.0 Å². The topological polar surface area (TPSA) is 58.6 Å².